The van der Waals surface area contributed by atoms with E-state index in [-0.39, 0.29) is 31.4 Å². The quantitative estimate of drug-likeness (QED) is 0.492. The van der Waals surface area contributed by atoms with Crippen LogP contribution in [0.5, 0.6) is 0 Å². The van der Waals surface area contributed by atoms with E-state index >= 15 is 0 Å². The van der Waals surface area contributed by atoms with Gasteiger partial charge in [0.2, 0.25) is 0 Å². The first kappa shape index (κ1) is 11.6. The molecule has 0 bridgehead atoms. The molecule has 3 N–H and O–H groups in total. The number of hydrogen-bond acceptors (Lipinski definition) is 4. The van der Waals surface area contributed by atoms with E-state index < -0.39 is 6.10 Å². The SMILES string of the molecule is CC(C)C(=O)CNC[C@@H](O)CO. The summed E-state index contributed by atoms with van der Waals surface area (Å²) >= 11 is 0. The summed E-state index contributed by atoms with van der Waals surface area (Å²) < 4.78 is 0. The summed E-state index contributed by atoms with van der Waals surface area (Å²) in [5.41, 5.74) is 0. The minimum Gasteiger partial charge on any atom is -0.394 e. The summed E-state index contributed by atoms with van der Waals surface area (Å²) in [5.74, 6) is 0.129. The maximum atomic E-state index is 11.0. The van der Waals surface area contributed by atoms with E-state index in [9.17, 15) is 4.79 Å². The van der Waals surface area contributed by atoms with Crippen molar-refractivity contribution in [3.63, 3.8) is 0 Å². The van der Waals surface area contributed by atoms with Gasteiger partial charge in [-0.3, -0.25) is 4.79 Å². The van der Waals surface area contributed by atoms with Crippen LogP contribution in [0.3, 0.4) is 0 Å². The van der Waals surface area contributed by atoms with Crippen LogP contribution in [-0.2, 0) is 4.79 Å². The number of aliphatic hydroxyl groups excluding tert-OH is 2. The fourth-order valence-electron chi connectivity index (χ4n) is 0.631. The molecular weight excluding hydrogens is 158 g/mol. The molecule has 0 spiro atoms. The molecule has 0 rings (SSSR count). The van der Waals surface area contributed by atoms with Gasteiger partial charge in [0.15, 0.2) is 0 Å². The smallest absolute Gasteiger partial charge is 0.149 e. The van der Waals surface area contributed by atoms with Gasteiger partial charge in [-0.15, -0.1) is 0 Å². The summed E-state index contributed by atoms with van der Waals surface area (Å²) in [6.45, 7) is 3.89. The van der Waals surface area contributed by atoms with Gasteiger partial charge in [0, 0.05) is 12.5 Å². The molecule has 4 nitrogen and oxygen atoms in total. The Labute approximate surface area is 72.6 Å². The fourth-order valence-corrected chi connectivity index (χ4v) is 0.631. The molecule has 0 heterocycles. The summed E-state index contributed by atoms with van der Waals surface area (Å²) in [6.07, 6.45) is -0.773. The number of hydrogen-bond donors (Lipinski definition) is 3. The summed E-state index contributed by atoms with van der Waals surface area (Å²) in [6, 6.07) is 0. The molecule has 0 aromatic heterocycles. The van der Waals surface area contributed by atoms with Crippen LogP contribution in [0.25, 0.3) is 0 Å². The molecule has 4 heteroatoms. The van der Waals surface area contributed by atoms with E-state index in [0.717, 1.165) is 0 Å². The molecule has 72 valence electrons. The lowest BCUT2D eigenvalue weighted by atomic mass is 10.1. The number of rotatable bonds is 6. The summed E-state index contributed by atoms with van der Waals surface area (Å²) in [7, 11) is 0. The predicted octanol–water partition coefficient (Wildman–Crippen LogP) is -0.846. The zero-order valence-electron chi connectivity index (χ0n) is 7.58. The monoisotopic (exact) mass is 175 g/mol. The molecule has 0 aliphatic heterocycles. The average molecular weight is 175 g/mol. The first-order chi connectivity index (χ1) is 5.57. The minimum atomic E-state index is -0.773. The highest BCUT2D eigenvalue weighted by molar-refractivity contribution is 5.82. The largest absolute Gasteiger partial charge is 0.394 e. The van der Waals surface area contributed by atoms with Gasteiger partial charge in [0.25, 0.3) is 0 Å². The summed E-state index contributed by atoms with van der Waals surface area (Å²) in [5, 5.41) is 20.1. The molecule has 0 aliphatic carbocycles. The molecule has 0 unspecified atom stereocenters. The van der Waals surface area contributed by atoms with Crippen LogP contribution in [-0.4, -0.2) is 41.8 Å². The number of Topliss-reactive ketones (excluding diaryl/α,β-unsaturated/α-hetero) is 1. The van der Waals surface area contributed by atoms with Crippen molar-refractivity contribution < 1.29 is 15.0 Å². The molecule has 0 saturated heterocycles. The fraction of sp³-hybridized carbons (Fsp3) is 0.875. The first-order valence-corrected chi connectivity index (χ1v) is 4.10. The van der Waals surface area contributed by atoms with Crippen LogP contribution in [0, 0.1) is 5.92 Å². The summed E-state index contributed by atoms with van der Waals surface area (Å²) in [4.78, 5) is 11.0. The number of ketones is 1. The van der Waals surface area contributed by atoms with E-state index in [0.29, 0.717) is 0 Å². The Morgan fingerprint density at radius 1 is 1.50 bits per heavy atom. The van der Waals surface area contributed by atoms with E-state index in [4.69, 9.17) is 10.2 Å². The number of nitrogens with one attached hydrogen (secondary N) is 1. The van der Waals surface area contributed by atoms with Gasteiger partial charge in [-0.2, -0.15) is 0 Å². The molecule has 0 radical (unpaired) electrons. The average Bonchev–Trinajstić information content (AvgIpc) is 2.03. The number of aliphatic hydroxyl groups is 2. The Morgan fingerprint density at radius 2 is 2.08 bits per heavy atom. The molecule has 12 heavy (non-hydrogen) atoms. The molecule has 1 atom stereocenters. The van der Waals surface area contributed by atoms with Crippen molar-refractivity contribution in [1.29, 1.82) is 0 Å². The van der Waals surface area contributed by atoms with Crippen LogP contribution in [0.1, 0.15) is 13.8 Å². The topological polar surface area (TPSA) is 69.6 Å². The van der Waals surface area contributed by atoms with Gasteiger partial charge in [0.05, 0.1) is 19.3 Å². The van der Waals surface area contributed by atoms with Crippen LogP contribution in [0.2, 0.25) is 0 Å². The Kier molecular flexibility index (Phi) is 5.88. The Bertz CT molecular complexity index is 136. The van der Waals surface area contributed by atoms with E-state index in [1.54, 1.807) is 0 Å². The molecule has 0 amide bonds. The lowest BCUT2D eigenvalue weighted by Gasteiger charge is -2.09. The molecule has 0 fully saturated rings. The maximum absolute atomic E-state index is 11.0. The Morgan fingerprint density at radius 3 is 2.50 bits per heavy atom. The van der Waals surface area contributed by atoms with Gasteiger partial charge in [-0.1, -0.05) is 13.8 Å². The first-order valence-electron chi connectivity index (χ1n) is 4.10. The zero-order chi connectivity index (χ0) is 9.56. The standard InChI is InChI=1S/C8H17NO3/c1-6(2)8(12)4-9-3-7(11)5-10/h6-7,9-11H,3-5H2,1-2H3/t7-/m1/s1. The highest BCUT2D eigenvalue weighted by Gasteiger charge is 2.07. The van der Waals surface area contributed by atoms with Crippen molar-refractivity contribution in [1.82, 2.24) is 5.32 Å². The van der Waals surface area contributed by atoms with E-state index in [2.05, 4.69) is 5.32 Å². The third-order valence-corrected chi connectivity index (χ3v) is 1.53. The van der Waals surface area contributed by atoms with Crippen LogP contribution in [0.15, 0.2) is 0 Å². The molecule has 0 aliphatic rings. The minimum absolute atomic E-state index is 0.0174. The lowest BCUT2D eigenvalue weighted by Crippen LogP contribution is -2.34. The van der Waals surface area contributed by atoms with E-state index in [1.165, 1.54) is 0 Å². The second-order valence-corrected chi connectivity index (χ2v) is 3.09. The highest BCUT2D eigenvalue weighted by atomic mass is 16.3. The third-order valence-electron chi connectivity index (χ3n) is 1.53. The second kappa shape index (κ2) is 6.11. The highest BCUT2D eigenvalue weighted by Crippen LogP contribution is 1.91. The van der Waals surface area contributed by atoms with Crippen molar-refractivity contribution in [3.8, 4) is 0 Å². The Balaban J connectivity index is 3.37. The zero-order valence-corrected chi connectivity index (χ0v) is 7.58. The van der Waals surface area contributed by atoms with Crippen molar-refractivity contribution in [2.75, 3.05) is 19.7 Å². The molecular formula is C8H17NO3. The molecule has 0 aromatic rings. The van der Waals surface area contributed by atoms with Crippen LogP contribution < -0.4 is 5.32 Å². The van der Waals surface area contributed by atoms with Crippen molar-refractivity contribution >= 4 is 5.78 Å². The van der Waals surface area contributed by atoms with Gasteiger partial charge >= 0.3 is 0 Å². The van der Waals surface area contributed by atoms with Crippen LogP contribution in [0.4, 0.5) is 0 Å². The molecule has 0 aromatic carbocycles. The number of carbonyl (C=O) groups is 1. The lowest BCUT2D eigenvalue weighted by molar-refractivity contribution is -0.121. The Hall–Kier alpha value is -0.450. The van der Waals surface area contributed by atoms with Gasteiger partial charge < -0.3 is 15.5 Å². The van der Waals surface area contributed by atoms with Gasteiger partial charge in [0.1, 0.15) is 5.78 Å². The normalized spacial score (nSPS) is 13.4. The van der Waals surface area contributed by atoms with Gasteiger partial charge in [-0.05, 0) is 0 Å². The second-order valence-electron chi connectivity index (χ2n) is 3.09. The van der Waals surface area contributed by atoms with Crippen molar-refractivity contribution in [2.45, 2.75) is 20.0 Å². The number of carbonyl (C=O) groups excluding carboxylic acids is 1. The predicted molar refractivity (Wildman–Crippen MR) is 45.8 cm³/mol. The van der Waals surface area contributed by atoms with Crippen LogP contribution >= 0.6 is 0 Å². The van der Waals surface area contributed by atoms with Gasteiger partial charge in [-0.25, -0.2) is 0 Å². The molecule has 0 saturated carbocycles. The van der Waals surface area contributed by atoms with Crippen molar-refractivity contribution in [2.24, 2.45) is 5.92 Å². The van der Waals surface area contributed by atoms with Crippen molar-refractivity contribution in [3.05, 3.63) is 0 Å². The van der Waals surface area contributed by atoms with E-state index in [1.807, 2.05) is 13.8 Å². The maximum Gasteiger partial charge on any atom is 0.149 e. The third kappa shape index (κ3) is 5.23.